The van der Waals surface area contributed by atoms with Crippen LogP contribution in [0.3, 0.4) is 0 Å². The van der Waals surface area contributed by atoms with E-state index in [4.69, 9.17) is 4.89 Å². The van der Waals surface area contributed by atoms with Gasteiger partial charge in [-0.05, 0) is 19.1 Å². The quantitative estimate of drug-likeness (QED) is 0.441. The Labute approximate surface area is 33.5 Å². The average molecular weight is 90.1 g/mol. The first-order valence-corrected chi connectivity index (χ1v) is 2.27. The first-order chi connectivity index (χ1) is 2.27. The van der Waals surface area contributed by atoms with Crippen molar-refractivity contribution in [2.75, 3.05) is 0 Å². The van der Waals surface area contributed by atoms with Crippen molar-refractivity contribution in [3.8, 4) is 0 Å². The Kier molecular flexibility index (Phi) is 2.43. The van der Waals surface area contributed by atoms with E-state index in [1.165, 1.54) is 0 Å². The molecule has 5 heavy (non-hydrogen) atoms. The second kappa shape index (κ2) is 2.37. The monoisotopic (exact) mass is 90.0 g/mol. The summed E-state index contributed by atoms with van der Waals surface area (Å²) in [4.78, 5) is 8.08. The summed E-state index contributed by atoms with van der Waals surface area (Å²) in [5.41, 5.74) is 0. The predicted molar refractivity (Wildman–Crippen MR) is 25.5 cm³/mol. The van der Waals surface area contributed by atoms with Crippen molar-refractivity contribution in [1.29, 1.82) is 0 Å². The smallest absolute Gasteiger partial charge is 0.0505 e. The Bertz CT molecular complexity index is 44.9. The van der Waals surface area contributed by atoms with Gasteiger partial charge in [0.2, 0.25) is 0 Å². The summed E-state index contributed by atoms with van der Waals surface area (Å²) >= 11 is 0. The summed E-state index contributed by atoms with van der Waals surface area (Å²) in [5.74, 6) is 0. The molecule has 0 fully saturated rings. The largest absolute Gasteiger partial charge is 0.341 e. The molecule has 0 spiro atoms. The Morgan fingerprint density at radius 1 is 1.60 bits per heavy atom. The highest BCUT2D eigenvalue weighted by atomic mass is 31.1. The van der Waals surface area contributed by atoms with Crippen LogP contribution >= 0.6 is 8.43 Å². The van der Waals surface area contributed by atoms with Crippen LogP contribution in [-0.4, -0.2) is 10.2 Å². The lowest BCUT2D eigenvalue weighted by atomic mass is 10.6. The maximum absolute atomic E-state index is 8.08. The number of hydrogen-bond donors (Lipinski definition) is 1. The highest BCUT2D eigenvalue weighted by Gasteiger charge is 1.64. The second-order valence-electron chi connectivity index (χ2n) is 1.05. The first kappa shape index (κ1) is 5.13. The highest BCUT2D eigenvalue weighted by molar-refractivity contribution is 7.34. The summed E-state index contributed by atoms with van der Waals surface area (Å²) in [6.07, 6.45) is 0. The fourth-order valence-electron chi connectivity index (χ4n) is 0. The minimum Gasteiger partial charge on any atom is -0.341 e. The van der Waals surface area contributed by atoms with Gasteiger partial charge in [0.15, 0.2) is 0 Å². The van der Waals surface area contributed by atoms with Gasteiger partial charge in [0.1, 0.15) is 0 Å². The molecule has 2 heteroatoms. The van der Waals surface area contributed by atoms with Gasteiger partial charge in [0.25, 0.3) is 0 Å². The molecule has 0 amide bonds. The molecule has 0 aromatic heterocycles. The third kappa shape index (κ3) is 4.13. The summed E-state index contributed by atoms with van der Waals surface area (Å²) < 4.78 is 0. The van der Waals surface area contributed by atoms with E-state index in [-0.39, 0.29) is 0 Å². The van der Waals surface area contributed by atoms with Crippen molar-refractivity contribution < 1.29 is 4.89 Å². The van der Waals surface area contributed by atoms with Gasteiger partial charge < -0.3 is 4.89 Å². The van der Waals surface area contributed by atoms with Gasteiger partial charge in [-0.25, -0.2) is 0 Å². The zero-order valence-electron chi connectivity index (χ0n) is 3.39. The summed E-state index contributed by atoms with van der Waals surface area (Å²) in [5, 5.41) is 1.03. The highest BCUT2D eigenvalue weighted by Crippen LogP contribution is 1.85. The fourth-order valence-corrected chi connectivity index (χ4v) is 0. The average Bonchev–Trinajstić information content (AvgIpc) is 1.38. The van der Waals surface area contributed by atoms with Crippen LogP contribution in [0, 0.1) is 0 Å². The van der Waals surface area contributed by atoms with E-state index in [0.717, 1.165) is 5.29 Å². The fraction of sp³-hybridized carbons (Fsp3) is 0.667. The zero-order valence-corrected chi connectivity index (χ0v) is 4.29. The molecule has 0 bridgehead atoms. The van der Waals surface area contributed by atoms with E-state index in [9.17, 15) is 0 Å². The molecule has 0 rings (SSSR count). The molecule has 0 saturated heterocycles. The Balaban J connectivity index is 3.14. The standard InChI is InChI=1S/C3H7OP/c1-3(2)5-4/h4H,1-2H3. The maximum atomic E-state index is 8.08. The molecule has 1 N–H and O–H groups in total. The third-order valence-electron chi connectivity index (χ3n) is 0.200. The van der Waals surface area contributed by atoms with Crippen LogP contribution in [0.4, 0.5) is 0 Å². The molecule has 0 heterocycles. The minimum atomic E-state index is 0.414. The molecule has 0 atom stereocenters. The van der Waals surface area contributed by atoms with Crippen molar-refractivity contribution in [3.63, 3.8) is 0 Å². The van der Waals surface area contributed by atoms with Gasteiger partial charge in [-0.2, -0.15) is 0 Å². The van der Waals surface area contributed by atoms with Crippen LogP contribution in [0.15, 0.2) is 0 Å². The van der Waals surface area contributed by atoms with Crippen molar-refractivity contribution in [3.05, 3.63) is 0 Å². The first-order valence-electron chi connectivity index (χ1n) is 1.42. The second-order valence-corrected chi connectivity index (χ2v) is 2.14. The summed E-state index contributed by atoms with van der Waals surface area (Å²) in [7, 11) is 0.414. The van der Waals surface area contributed by atoms with Crippen LogP contribution in [-0.2, 0) is 0 Å². The van der Waals surface area contributed by atoms with E-state index in [0.29, 0.717) is 8.43 Å². The summed E-state index contributed by atoms with van der Waals surface area (Å²) in [6.45, 7) is 3.75. The molecule has 0 aliphatic rings. The number of hydrogen-bond acceptors (Lipinski definition) is 1. The molecule has 30 valence electrons. The van der Waals surface area contributed by atoms with Gasteiger partial charge in [-0.1, -0.05) is 0 Å². The van der Waals surface area contributed by atoms with Gasteiger partial charge >= 0.3 is 0 Å². The molecular formula is C3H7OP. The van der Waals surface area contributed by atoms with E-state index in [2.05, 4.69) is 0 Å². The van der Waals surface area contributed by atoms with E-state index in [1.54, 1.807) is 0 Å². The van der Waals surface area contributed by atoms with Crippen LogP contribution in [0.25, 0.3) is 0 Å². The van der Waals surface area contributed by atoms with Gasteiger partial charge in [0.05, 0.1) is 8.43 Å². The predicted octanol–water partition coefficient (Wildman–Crippen LogP) is 1.05. The topological polar surface area (TPSA) is 20.2 Å². The maximum Gasteiger partial charge on any atom is 0.0505 e. The molecule has 0 saturated carbocycles. The van der Waals surface area contributed by atoms with Gasteiger partial charge in [-0.15, -0.1) is 0 Å². The van der Waals surface area contributed by atoms with E-state index < -0.39 is 0 Å². The molecule has 1 nitrogen and oxygen atoms in total. The zero-order chi connectivity index (χ0) is 4.28. The Morgan fingerprint density at radius 3 is 1.80 bits per heavy atom. The van der Waals surface area contributed by atoms with Crippen LogP contribution < -0.4 is 0 Å². The Morgan fingerprint density at radius 2 is 1.80 bits per heavy atom. The molecule has 0 aliphatic carbocycles. The SMILES string of the molecule is CC(C)=PO. The molecule has 0 radical (unpaired) electrons. The van der Waals surface area contributed by atoms with Gasteiger partial charge in [0, 0.05) is 0 Å². The van der Waals surface area contributed by atoms with Crippen molar-refractivity contribution >= 4 is 13.7 Å². The lowest BCUT2D eigenvalue weighted by Gasteiger charge is -1.71. The Hall–Kier alpha value is 0.130. The lowest BCUT2D eigenvalue weighted by molar-refractivity contribution is 0.660. The van der Waals surface area contributed by atoms with Gasteiger partial charge in [-0.3, -0.25) is 0 Å². The molecule has 0 aliphatic heterocycles. The van der Waals surface area contributed by atoms with Crippen LogP contribution in [0.1, 0.15) is 13.8 Å². The van der Waals surface area contributed by atoms with Crippen molar-refractivity contribution in [2.45, 2.75) is 13.8 Å². The van der Waals surface area contributed by atoms with Crippen molar-refractivity contribution in [1.82, 2.24) is 0 Å². The molecule has 0 aromatic carbocycles. The number of rotatable bonds is 0. The molecule has 0 aromatic rings. The lowest BCUT2D eigenvalue weighted by Crippen LogP contribution is -1.66. The van der Waals surface area contributed by atoms with Crippen LogP contribution in [0.5, 0.6) is 0 Å². The molecule has 0 unspecified atom stereocenters. The third-order valence-corrected chi connectivity index (χ3v) is 0.600. The normalized spacial score (nSPS) is 8.60. The van der Waals surface area contributed by atoms with E-state index >= 15 is 0 Å². The summed E-state index contributed by atoms with van der Waals surface area (Å²) in [6, 6.07) is 0. The van der Waals surface area contributed by atoms with E-state index in [1.807, 2.05) is 13.8 Å². The minimum absolute atomic E-state index is 0.414. The van der Waals surface area contributed by atoms with Crippen LogP contribution in [0.2, 0.25) is 0 Å². The molecular weight excluding hydrogens is 83.0 g/mol. The van der Waals surface area contributed by atoms with Crippen molar-refractivity contribution in [2.24, 2.45) is 0 Å².